The fourth-order valence-electron chi connectivity index (χ4n) is 2.44. The van der Waals surface area contributed by atoms with E-state index in [-0.39, 0.29) is 5.91 Å². The first-order valence-electron chi connectivity index (χ1n) is 7.77. The maximum absolute atomic E-state index is 12.1. The number of aromatic nitrogens is 2. The van der Waals surface area contributed by atoms with Crippen LogP contribution in [0.1, 0.15) is 11.4 Å². The average Bonchev–Trinajstić information content (AvgIpc) is 3.05. The molecular weight excluding hydrogens is 318 g/mol. The van der Waals surface area contributed by atoms with Crippen LogP contribution >= 0.6 is 11.8 Å². The van der Waals surface area contributed by atoms with Gasteiger partial charge in [0.05, 0.1) is 11.4 Å². The Balaban J connectivity index is 1.61. The summed E-state index contributed by atoms with van der Waals surface area (Å²) in [7, 11) is 0. The lowest BCUT2D eigenvalue weighted by atomic mass is 10.1. The molecule has 5 heteroatoms. The van der Waals surface area contributed by atoms with Gasteiger partial charge in [0, 0.05) is 23.8 Å². The molecule has 1 aromatic heterocycles. The molecule has 0 saturated heterocycles. The minimum absolute atomic E-state index is 0.0287. The van der Waals surface area contributed by atoms with Crippen molar-refractivity contribution in [2.45, 2.75) is 18.4 Å². The van der Waals surface area contributed by atoms with Crippen molar-refractivity contribution in [3.8, 4) is 5.69 Å². The van der Waals surface area contributed by atoms with Gasteiger partial charge in [-0.15, -0.1) is 11.8 Å². The van der Waals surface area contributed by atoms with Gasteiger partial charge >= 0.3 is 0 Å². The summed E-state index contributed by atoms with van der Waals surface area (Å²) in [5, 5.41) is 3.00. The van der Waals surface area contributed by atoms with Crippen LogP contribution in [0.15, 0.2) is 71.9 Å². The number of nitrogens with zero attached hydrogens (tertiary/aromatic N) is 2. The number of amides is 1. The molecule has 0 fully saturated rings. The molecule has 0 spiro atoms. The van der Waals surface area contributed by atoms with Crippen LogP contribution in [0.4, 0.5) is 0 Å². The Bertz CT molecular complexity index is 814. The highest BCUT2D eigenvalue weighted by Crippen LogP contribution is 2.18. The molecule has 0 saturated carbocycles. The average molecular weight is 337 g/mol. The van der Waals surface area contributed by atoms with Gasteiger partial charge < -0.3 is 9.88 Å². The predicted octanol–water partition coefficient (Wildman–Crippen LogP) is 3.59. The smallest absolute Gasteiger partial charge is 0.230 e. The summed E-state index contributed by atoms with van der Waals surface area (Å²) >= 11 is 1.54. The lowest BCUT2D eigenvalue weighted by Crippen LogP contribution is -2.25. The minimum Gasteiger partial charge on any atom is -0.351 e. The first-order valence-corrected chi connectivity index (χ1v) is 8.75. The van der Waals surface area contributed by atoms with Gasteiger partial charge in [-0.1, -0.05) is 36.4 Å². The van der Waals surface area contributed by atoms with Gasteiger partial charge in [0.1, 0.15) is 5.82 Å². The van der Waals surface area contributed by atoms with Crippen molar-refractivity contribution in [3.05, 3.63) is 78.4 Å². The Morgan fingerprint density at radius 2 is 1.88 bits per heavy atom. The largest absolute Gasteiger partial charge is 0.351 e. The summed E-state index contributed by atoms with van der Waals surface area (Å²) in [4.78, 5) is 17.5. The van der Waals surface area contributed by atoms with Crippen molar-refractivity contribution < 1.29 is 4.79 Å². The molecule has 0 bridgehead atoms. The van der Waals surface area contributed by atoms with E-state index < -0.39 is 0 Å². The molecule has 3 aromatic rings. The number of aryl methyl sites for hydroxylation is 1. The normalized spacial score (nSPS) is 10.5. The van der Waals surface area contributed by atoms with E-state index in [9.17, 15) is 4.79 Å². The van der Waals surface area contributed by atoms with Crippen molar-refractivity contribution in [2.75, 3.05) is 5.75 Å². The first-order chi connectivity index (χ1) is 11.7. The Hall–Kier alpha value is -2.53. The Labute approximate surface area is 145 Å². The highest BCUT2D eigenvalue weighted by molar-refractivity contribution is 8.00. The molecule has 2 aromatic carbocycles. The molecule has 1 N–H and O–H groups in total. The number of imidazole rings is 1. The zero-order valence-electron chi connectivity index (χ0n) is 13.5. The van der Waals surface area contributed by atoms with Crippen molar-refractivity contribution in [3.63, 3.8) is 0 Å². The molecule has 0 unspecified atom stereocenters. The van der Waals surface area contributed by atoms with Gasteiger partial charge in [0.2, 0.25) is 5.91 Å². The predicted molar refractivity (Wildman–Crippen MR) is 97.3 cm³/mol. The van der Waals surface area contributed by atoms with Crippen LogP contribution in [-0.2, 0) is 11.3 Å². The second-order valence-electron chi connectivity index (χ2n) is 5.35. The number of carbonyl (C=O) groups excluding carboxylic acids is 1. The van der Waals surface area contributed by atoms with E-state index >= 15 is 0 Å². The molecule has 3 rings (SSSR count). The van der Waals surface area contributed by atoms with E-state index in [1.165, 1.54) is 0 Å². The maximum Gasteiger partial charge on any atom is 0.230 e. The first kappa shape index (κ1) is 16.3. The zero-order chi connectivity index (χ0) is 16.8. The van der Waals surface area contributed by atoms with Crippen LogP contribution in [0.3, 0.4) is 0 Å². The monoisotopic (exact) mass is 337 g/mol. The molecule has 0 aliphatic heterocycles. The molecule has 0 aliphatic rings. The third kappa shape index (κ3) is 4.06. The van der Waals surface area contributed by atoms with Crippen molar-refractivity contribution >= 4 is 17.7 Å². The zero-order valence-corrected chi connectivity index (χ0v) is 14.3. The summed E-state index contributed by atoms with van der Waals surface area (Å²) in [5.41, 5.74) is 2.11. The highest BCUT2D eigenvalue weighted by atomic mass is 32.2. The number of benzene rings is 2. The summed E-state index contributed by atoms with van der Waals surface area (Å²) in [5.74, 6) is 1.37. The topological polar surface area (TPSA) is 46.9 Å². The molecule has 0 aliphatic carbocycles. The molecule has 24 heavy (non-hydrogen) atoms. The van der Waals surface area contributed by atoms with E-state index in [0.29, 0.717) is 12.3 Å². The molecule has 1 amide bonds. The second kappa shape index (κ2) is 7.84. The third-order valence-electron chi connectivity index (χ3n) is 3.67. The standard InChI is InChI=1S/C19H19N3OS/c1-15-20-11-12-22(15)18-10-6-5-7-16(18)13-21-19(23)14-24-17-8-3-2-4-9-17/h2-12H,13-14H2,1H3,(H,21,23). The lowest BCUT2D eigenvalue weighted by Gasteiger charge is -2.12. The molecular formula is C19H19N3OS. The summed E-state index contributed by atoms with van der Waals surface area (Å²) in [6, 6.07) is 18.0. The number of rotatable bonds is 6. The Morgan fingerprint density at radius 3 is 2.62 bits per heavy atom. The molecule has 0 atom stereocenters. The van der Waals surface area contributed by atoms with Gasteiger partial charge in [-0.05, 0) is 30.7 Å². The lowest BCUT2D eigenvalue weighted by molar-refractivity contribution is -0.118. The fraction of sp³-hybridized carbons (Fsp3) is 0.158. The number of thioether (sulfide) groups is 1. The highest BCUT2D eigenvalue weighted by Gasteiger charge is 2.08. The molecule has 122 valence electrons. The molecule has 4 nitrogen and oxygen atoms in total. The van der Waals surface area contributed by atoms with Gasteiger partial charge in [-0.2, -0.15) is 0 Å². The van der Waals surface area contributed by atoms with Gasteiger partial charge in [0.15, 0.2) is 0 Å². The van der Waals surface area contributed by atoms with Crippen LogP contribution in [0.25, 0.3) is 5.69 Å². The van der Waals surface area contributed by atoms with Crippen LogP contribution in [-0.4, -0.2) is 21.2 Å². The van der Waals surface area contributed by atoms with Gasteiger partial charge in [0.25, 0.3) is 0 Å². The van der Waals surface area contributed by atoms with Crippen LogP contribution in [0.5, 0.6) is 0 Å². The number of hydrogen-bond donors (Lipinski definition) is 1. The van der Waals surface area contributed by atoms with Crippen molar-refractivity contribution in [1.29, 1.82) is 0 Å². The van der Waals surface area contributed by atoms with Crippen LogP contribution < -0.4 is 5.32 Å². The maximum atomic E-state index is 12.1. The quantitative estimate of drug-likeness (QED) is 0.699. The van der Waals surface area contributed by atoms with Crippen LogP contribution in [0.2, 0.25) is 0 Å². The molecule has 1 heterocycles. The number of para-hydroxylation sites is 1. The van der Waals surface area contributed by atoms with Crippen LogP contribution in [0, 0.1) is 6.92 Å². The van der Waals surface area contributed by atoms with E-state index in [1.807, 2.05) is 72.3 Å². The minimum atomic E-state index is 0.0287. The summed E-state index contributed by atoms with van der Waals surface area (Å²) < 4.78 is 2.03. The fourth-order valence-corrected chi connectivity index (χ4v) is 3.19. The van der Waals surface area contributed by atoms with E-state index in [4.69, 9.17) is 0 Å². The van der Waals surface area contributed by atoms with Gasteiger partial charge in [-0.3, -0.25) is 4.79 Å². The van der Waals surface area contributed by atoms with E-state index in [0.717, 1.165) is 22.0 Å². The molecule has 0 radical (unpaired) electrons. The number of carbonyl (C=O) groups is 1. The number of hydrogen-bond acceptors (Lipinski definition) is 3. The summed E-state index contributed by atoms with van der Waals surface area (Å²) in [6.07, 6.45) is 3.71. The van der Waals surface area contributed by atoms with E-state index in [1.54, 1.807) is 18.0 Å². The Morgan fingerprint density at radius 1 is 1.12 bits per heavy atom. The van der Waals surface area contributed by atoms with E-state index in [2.05, 4.69) is 10.3 Å². The summed E-state index contributed by atoms with van der Waals surface area (Å²) in [6.45, 7) is 2.47. The van der Waals surface area contributed by atoms with Crippen molar-refractivity contribution in [1.82, 2.24) is 14.9 Å². The Kier molecular flexibility index (Phi) is 5.33. The SMILES string of the molecule is Cc1nccn1-c1ccccc1CNC(=O)CSc1ccccc1. The number of nitrogens with one attached hydrogen (secondary N) is 1. The van der Waals surface area contributed by atoms with Crippen molar-refractivity contribution in [2.24, 2.45) is 0 Å². The third-order valence-corrected chi connectivity index (χ3v) is 4.68. The van der Waals surface area contributed by atoms with Gasteiger partial charge in [-0.25, -0.2) is 4.98 Å². The second-order valence-corrected chi connectivity index (χ2v) is 6.40.